The van der Waals surface area contributed by atoms with E-state index in [0.717, 1.165) is 12.3 Å². The van der Waals surface area contributed by atoms with Crippen LogP contribution in [-0.2, 0) is 9.53 Å². The van der Waals surface area contributed by atoms with Crippen molar-refractivity contribution in [2.45, 2.75) is 46.1 Å². The smallest absolute Gasteiger partial charge is 0.293 e. The zero-order chi connectivity index (χ0) is 9.69. The first-order valence-electron chi connectivity index (χ1n) is 5.11. The fraction of sp³-hybridized carbons (Fsp3) is 0.909. The lowest BCUT2D eigenvalue weighted by Gasteiger charge is -2.37. The Morgan fingerprint density at radius 2 is 2.08 bits per heavy atom. The van der Waals surface area contributed by atoms with Crippen molar-refractivity contribution in [2.75, 3.05) is 0 Å². The lowest BCUT2D eigenvalue weighted by atomic mass is 9.70. The minimum Gasteiger partial charge on any atom is -0.464 e. The third-order valence-electron chi connectivity index (χ3n) is 4.93. The molecule has 0 amide bonds. The molecule has 2 bridgehead atoms. The Labute approximate surface area is 79.7 Å². The summed E-state index contributed by atoms with van der Waals surface area (Å²) in [6, 6.07) is 0. The molecule has 0 aliphatic heterocycles. The lowest BCUT2D eigenvalue weighted by molar-refractivity contribution is -0.141. The number of fused-ring (bicyclic) bond motifs is 2. The number of ether oxygens (including phenoxy) is 1. The average Bonchev–Trinajstić information content (AvgIpc) is 2.37. The van der Waals surface area contributed by atoms with Gasteiger partial charge in [-0.25, -0.2) is 0 Å². The fourth-order valence-electron chi connectivity index (χ4n) is 3.40. The van der Waals surface area contributed by atoms with Crippen molar-refractivity contribution in [1.82, 2.24) is 0 Å². The number of carbonyl (C=O) groups excluding carboxylic acids is 1. The van der Waals surface area contributed by atoms with Crippen molar-refractivity contribution < 1.29 is 9.53 Å². The van der Waals surface area contributed by atoms with Crippen LogP contribution in [0.2, 0.25) is 0 Å². The molecule has 0 N–H and O–H groups in total. The molecule has 2 aliphatic carbocycles. The summed E-state index contributed by atoms with van der Waals surface area (Å²) in [5.74, 6) is 0.752. The van der Waals surface area contributed by atoms with Crippen molar-refractivity contribution in [2.24, 2.45) is 16.7 Å². The highest BCUT2D eigenvalue weighted by molar-refractivity contribution is 5.38. The molecule has 2 rings (SSSR count). The molecule has 0 saturated heterocycles. The first-order valence-corrected chi connectivity index (χ1v) is 5.11. The molecule has 2 aliphatic rings. The maximum atomic E-state index is 10.4. The van der Waals surface area contributed by atoms with E-state index in [1.165, 1.54) is 12.8 Å². The van der Waals surface area contributed by atoms with Gasteiger partial charge < -0.3 is 4.74 Å². The molecule has 2 unspecified atom stereocenters. The average molecular weight is 182 g/mol. The minimum atomic E-state index is 0.166. The second-order valence-electron chi connectivity index (χ2n) is 5.33. The van der Waals surface area contributed by atoms with Crippen LogP contribution >= 0.6 is 0 Å². The molecular formula is C11H18O2. The van der Waals surface area contributed by atoms with Gasteiger partial charge in [-0.1, -0.05) is 20.8 Å². The molecule has 3 atom stereocenters. The Balaban J connectivity index is 2.27. The number of rotatable bonds is 2. The van der Waals surface area contributed by atoms with Gasteiger partial charge in [0.2, 0.25) is 0 Å². The molecule has 13 heavy (non-hydrogen) atoms. The molecule has 74 valence electrons. The summed E-state index contributed by atoms with van der Waals surface area (Å²) in [4.78, 5) is 10.4. The number of carbonyl (C=O) groups is 1. The van der Waals surface area contributed by atoms with Crippen LogP contribution in [0.1, 0.15) is 40.0 Å². The lowest BCUT2D eigenvalue weighted by Crippen LogP contribution is -2.36. The highest BCUT2D eigenvalue weighted by Crippen LogP contribution is 2.66. The van der Waals surface area contributed by atoms with Gasteiger partial charge in [0.1, 0.15) is 6.10 Å². The van der Waals surface area contributed by atoms with Crippen molar-refractivity contribution in [1.29, 1.82) is 0 Å². The highest BCUT2D eigenvalue weighted by Gasteiger charge is 2.62. The van der Waals surface area contributed by atoms with E-state index in [4.69, 9.17) is 4.74 Å². The molecule has 0 aromatic rings. The van der Waals surface area contributed by atoms with Gasteiger partial charge in [0.05, 0.1) is 0 Å². The molecule has 2 saturated carbocycles. The second-order valence-corrected chi connectivity index (χ2v) is 5.33. The van der Waals surface area contributed by atoms with Crippen molar-refractivity contribution in [3.63, 3.8) is 0 Å². The van der Waals surface area contributed by atoms with Crippen LogP contribution in [0, 0.1) is 16.7 Å². The maximum absolute atomic E-state index is 10.4. The first-order chi connectivity index (χ1) is 6.02. The van der Waals surface area contributed by atoms with Crippen LogP contribution in [0.15, 0.2) is 0 Å². The monoisotopic (exact) mass is 182 g/mol. The summed E-state index contributed by atoms with van der Waals surface area (Å²) in [5, 5.41) is 0. The molecule has 0 radical (unpaired) electrons. The molecule has 0 aromatic carbocycles. The van der Waals surface area contributed by atoms with E-state index in [1.807, 2.05) is 0 Å². The van der Waals surface area contributed by atoms with Crippen LogP contribution in [0.5, 0.6) is 0 Å². The highest BCUT2D eigenvalue weighted by atomic mass is 16.5. The van der Waals surface area contributed by atoms with Crippen LogP contribution in [0.3, 0.4) is 0 Å². The van der Waals surface area contributed by atoms with Crippen molar-refractivity contribution in [3.05, 3.63) is 0 Å². The summed E-state index contributed by atoms with van der Waals surface area (Å²) in [7, 11) is 0. The second kappa shape index (κ2) is 2.49. The third-order valence-corrected chi connectivity index (χ3v) is 4.93. The Kier molecular flexibility index (Phi) is 1.73. The molecule has 0 spiro atoms. The summed E-state index contributed by atoms with van der Waals surface area (Å²) < 4.78 is 5.19. The van der Waals surface area contributed by atoms with E-state index in [2.05, 4.69) is 20.8 Å². The largest absolute Gasteiger partial charge is 0.464 e. The van der Waals surface area contributed by atoms with Gasteiger partial charge in [0.15, 0.2) is 0 Å². The van der Waals surface area contributed by atoms with Crippen molar-refractivity contribution in [3.8, 4) is 0 Å². The Morgan fingerprint density at radius 3 is 2.46 bits per heavy atom. The van der Waals surface area contributed by atoms with Gasteiger partial charge in [-0.3, -0.25) is 4.79 Å². The number of hydrogen-bond acceptors (Lipinski definition) is 2. The summed E-state index contributed by atoms with van der Waals surface area (Å²) >= 11 is 0. The van der Waals surface area contributed by atoms with Gasteiger partial charge in [-0.05, 0) is 30.6 Å². The van der Waals surface area contributed by atoms with Gasteiger partial charge in [0, 0.05) is 5.41 Å². The summed E-state index contributed by atoms with van der Waals surface area (Å²) in [5.41, 5.74) is 0.569. The number of hydrogen-bond donors (Lipinski definition) is 0. The molecule has 0 heterocycles. The normalized spacial score (nSPS) is 46.4. The van der Waals surface area contributed by atoms with E-state index in [9.17, 15) is 4.79 Å². The third kappa shape index (κ3) is 0.918. The molecule has 2 fully saturated rings. The maximum Gasteiger partial charge on any atom is 0.293 e. The Bertz CT molecular complexity index is 234. The van der Waals surface area contributed by atoms with Gasteiger partial charge in [-0.2, -0.15) is 0 Å². The summed E-state index contributed by atoms with van der Waals surface area (Å²) in [6.45, 7) is 7.53. The van der Waals surface area contributed by atoms with Gasteiger partial charge >= 0.3 is 0 Å². The molecule has 2 nitrogen and oxygen atoms in total. The Hall–Kier alpha value is -0.530. The SMILES string of the molecule is CC1(C)C2CC[C@]1(C)C(OC=O)C2. The minimum absolute atomic E-state index is 0.166. The zero-order valence-corrected chi connectivity index (χ0v) is 8.67. The quantitative estimate of drug-likeness (QED) is 0.613. The summed E-state index contributed by atoms with van der Waals surface area (Å²) in [6.07, 6.45) is 3.76. The molecule has 2 heteroatoms. The fourth-order valence-corrected chi connectivity index (χ4v) is 3.40. The first kappa shape index (κ1) is 9.04. The van der Waals surface area contributed by atoms with E-state index in [1.54, 1.807) is 0 Å². The van der Waals surface area contributed by atoms with E-state index >= 15 is 0 Å². The van der Waals surface area contributed by atoms with E-state index < -0.39 is 0 Å². The zero-order valence-electron chi connectivity index (χ0n) is 8.67. The van der Waals surface area contributed by atoms with Crippen molar-refractivity contribution >= 4 is 6.47 Å². The Morgan fingerprint density at radius 1 is 1.38 bits per heavy atom. The van der Waals surface area contributed by atoms with E-state index in [-0.39, 0.29) is 11.5 Å². The van der Waals surface area contributed by atoms with Crippen LogP contribution < -0.4 is 0 Å². The van der Waals surface area contributed by atoms with E-state index in [0.29, 0.717) is 11.9 Å². The predicted octanol–water partition coefficient (Wildman–Crippen LogP) is 2.37. The van der Waals surface area contributed by atoms with Gasteiger partial charge in [-0.15, -0.1) is 0 Å². The predicted molar refractivity (Wildman–Crippen MR) is 50.2 cm³/mol. The van der Waals surface area contributed by atoms with Crippen LogP contribution in [0.25, 0.3) is 0 Å². The van der Waals surface area contributed by atoms with Gasteiger partial charge in [0.25, 0.3) is 6.47 Å². The standard InChI is InChI=1S/C11H18O2/c1-10(2)8-4-5-11(10,3)9(6-8)13-7-12/h7-9H,4-6H2,1-3H3/t8?,9?,11-/m1/s1. The molecular weight excluding hydrogens is 164 g/mol. The topological polar surface area (TPSA) is 26.3 Å². The molecule has 0 aromatic heterocycles. The van der Waals surface area contributed by atoms with Crippen LogP contribution in [-0.4, -0.2) is 12.6 Å². The van der Waals surface area contributed by atoms with Crippen LogP contribution in [0.4, 0.5) is 0 Å².